The molecule has 2 amide bonds. The monoisotopic (exact) mass is 454 g/mol. The zero-order valence-electron chi connectivity index (χ0n) is 17.5. The number of methoxy groups -OCH3 is 1. The molecule has 2 aromatic carbocycles. The molecule has 1 N–H and O–H groups in total. The van der Waals surface area contributed by atoms with E-state index < -0.39 is 0 Å². The van der Waals surface area contributed by atoms with Crippen LogP contribution in [0.25, 0.3) is 21.3 Å². The van der Waals surface area contributed by atoms with Crippen LogP contribution in [0.3, 0.4) is 0 Å². The van der Waals surface area contributed by atoms with Crippen molar-refractivity contribution >= 4 is 45.1 Å². The Kier molecular flexibility index (Phi) is 7.09. The van der Waals surface area contributed by atoms with Gasteiger partial charge < -0.3 is 9.64 Å². The van der Waals surface area contributed by atoms with Crippen LogP contribution in [0.5, 0.6) is 5.75 Å². The highest BCUT2D eigenvalue weighted by atomic mass is 35.5. The molecule has 2 aromatic heterocycles. The van der Waals surface area contributed by atoms with Crippen molar-refractivity contribution < 1.29 is 9.53 Å². The molecule has 4 aromatic rings. The highest BCUT2D eigenvalue weighted by Gasteiger charge is 2.17. The molecule has 0 saturated carbocycles. The zero-order chi connectivity index (χ0) is 21.1. The van der Waals surface area contributed by atoms with Crippen LogP contribution in [0.2, 0.25) is 0 Å². The van der Waals surface area contributed by atoms with E-state index in [2.05, 4.69) is 27.4 Å². The number of anilines is 1. The van der Waals surface area contributed by atoms with Crippen molar-refractivity contribution in [2.75, 3.05) is 19.5 Å². The van der Waals surface area contributed by atoms with Gasteiger partial charge in [0.15, 0.2) is 5.13 Å². The smallest absolute Gasteiger partial charge is 0.323 e. The van der Waals surface area contributed by atoms with E-state index in [0.717, 1.165) is 32.6 Å². The zero-order valence-corrected chi connectivity index (χ0v) is 19.1. The molecule has 6 nitrogen and oxygen atoms in total. The highest BCUT2D eigenvalue weighted by Crippen LogP contribution is 2.39. The number of thiazole rings is 1. The lowest BCUT2D eigenvalue weighted by Gasteiger charge is -2.16. The van der Waals surface area contributed by atoms with Gasteiger partial charge in [-0.15, -0.1) is 12.4 Å². The molecule has 0 fully saturated rings. The maximum absolute atomic E-state index is 12.7. The van der Waals surface area contributed by atoms with Crippen molar-refractivity contribution in [2.24, 2.45) is 0 Å². The van der Waals surface area contributed by atoms with Gasteiger partial charge in [-0.25, -0.2) is 9.78 Å². The molecule has 0 bridgehead atoms. The van der Waals surface area contributed by atoms with E-state index in [-0.39, 0.29) is 18.4 Å². The molecule has 0 aliphatic heterocycles. The Morgan fingerprint density at radius 2 is 1.90 bits per heavy atom. The quantitative estimate of drug-likeness (QED) is 0.416. The molecular weight excluding hydrogens is 432 g/mol. The first-order chi connectivity index (χ1) is 14.5. The number of carbonyl (C=O) groups is 1. The molecule has 4 rings (SSSR count). The number of benzene rings is 2. The summed E-state index contributed by atoms with van der Waals surface area (Å²) in [7, 11) is 3.37. The van der Waals surface area contributed by atoms with Gasteiger partial charge in [-0.3, -0.25) is 10.3 Å². The number of rotatable bonds is 5. The Hall–Kier alpha value is -3.16. The fourth-order valence-corrected chi connectivity index (χ4v) is 4.18. The van der Waals surface area contributed by atoms with Crippen molar-refractivity contribution in [1.29, 1.82) is 0 Å². The van der Waals surface area contributed by atoms with E-state index in [0.29, 0.717) is 17.4 Å². The van der Waals surface area contributed by atoms with Gasteiger partial charge in [0.2, 0.25) is 0 Å². The summed E-state index contributed by atoms with van der Waals surface area (Å²) in [6, 6.07) is 17.7. The molecule has 0 aliphatic rings. The summed E-state index contributed by atoms with van der Waals surface area (Å²) in [5.74, 6) is 0.681. The first-order valence-electron chi connectivity index (χ1n) is 9.52. The number of halogens is 1. The number of pyridine rings is 1. The van der Waals surface area contributed by atoms with Crippen LogP contribution in [0, 0.1) is 6.92 Å². The van der Waals surface area contributed by atoms with Crippen LogP contribution < -0.4 is 10.1 Å². The van der Waals surface area contributed by atoms with Gasteiger partial charge in [0.25, 0.3) is 0 Å². The number of aromatic nitrogens is 2. The Morgan fingerprint density at radius 3 is 2.58 bits per heavy atom. The van der Waals surface area contributed by atoms with Gasteiger partial charge in [0, 0.05) is 31.0 Å². The summed E-state index contributed by atoms with van der Waals surface area (Å²) in [5, 5.41) is 3.44. The van der Waals surface area contributed by atoms with Crippen LogP contribution in [0.4, 0.5) is 9.93 Å². The normalized spacial score (nSPS) is 10.4. The van der Waals surface area contributed by atoms with Crippen LogP contribution in [-0.4, -0.2) is 35.1 Å². The predicted molar refractivity (Wildman–Crippen MR) is 128 cm³/mol. The number of hydrogen-bond donors (Lipinski definition) is 1. The second-order valence-electron chi connectivity index (χ2n) is 6.97. The summed E-state index contributed by atoms with van der Waals surface area (Å²) in [5.41, 5.74) is 4.81. The van der Waals surface area contributed by atoms with E-state index in [9.17, 15) is 4.79 Å². The Morgan fingerprint density at radius 1 is 1.13 bits per heavy atom. The SMILES string of the molecule is COc1ccc(-c2ccccc2)c2sc(NC(=O)N(C)Cc3ccc(C)nc3)nc12.Cl. The molecule has 0 spiro atoms. The molecule has 31 heavy (non-hydrogen) atoms. The molecular formula is C23H23ClN4O2S. The van der Waals surface area contributed by atoms with Gasteiger partial charge in [0.1, 0.15) is 11.3 Å². The summed E-state index contributed by atoms with van der Waals surface area (Å²) in [6.07, 6.45) is 1.79. The number of fused-ring (bicyclic) bond motifs is 1. The fourth-order valence-electron chi connectivity index (χ4n) is 3.17. The third-order valence-corrected chi connectivity index (χ3v) is 5.77. The highest BCUT2D eigenvalue weighted by molar-refractivity contribution is 7.23. The van der Waals surface area contributed by atoms with E-state index in [1.54, 1.807) is 25.3 Å². The third kappa shape index (κ3) is 4.95. The largest absolute Gasteiger partial charge is 0.494 e. The Bertz CT molecular complexity index is 1180. The fraction of sp³-hybridized carbons (Fsp3) is 0.174. The van der Waals surface area contributed by atoms with E-state index >= 15 is 0 Å². The molecule has 2 heterocycles. The number of nitrogens with zero attached hydrogens (tertiary/aromatic N) is 3. The van der Waals surface area contributed by atoms with Gasteiger partial charge in [-0.05, 0) is 36.2 Å². The molecule has 0 atom stereocenters. The molecule has 0 aliphatic carbocycles. The van der Waals surface area contributed by atoms with Crippen LogP contribution in [0.1, 0.15) is 11.3 Å². The summed E-state index contributed by atoms with van der Waals surface area (Å²) < 4.78 is 6.46. The minimum absolute atomic E-state index is 0. The van der Waals surface area contributed by atoms with Gasteiger partial charge in [0.05, 0.1) is 11.8 Å². The third-order valence-electron chi connectivity index (χ3n) is 4.76. The first-order valence-corrected chi connectivity index (χ1v) is 10.3. The van der Waals surface area contributed by atoms with E-state index in [1.807, 2.05) is 49.4 Å². The lowest BCUT2D eigenvalue weighted by molar-refractivity contribution is 0.220. The second-order valence-corrected chi connectivity index (χ2v) is 7.97. The molecule has 0 unspecified atom stereocenters. The molecule has 0 radical (unpaired) electrons. The van der Waals surface area contributed by atoms with Gasteiger partial charge in [-0.1, -0.05) is 47.7 Å². The average Bonchev–Trinajstić information content (AvgIpc) is 3.18. The number of nitrogens with one attached hydrogen (secondary N) is 1. The lowest BCUT2D eigenvalue weighted by Crippen LogP contribution is -2.30. The lowest BCUT2D eigenvalue weighted by atomic mass is 10.1. The van der Waals surface area contributed by atoms with E-state index in [4.69, 9.17) is 4.74 Å². The van der Waals surface area contributed by atoms with Gasteiger partial charge in [-0.2, -0.15) is 0 Å². The number of amides is 2. The topological polar surface area (TPSA) is 67.3 Å². The maximum atomic E-state index is 12.7. The average molecular weight is 455 g/mol. The van der Waals surface area contributed by atoms with Crippen molar-refractivity contribution in [1.82, 2.24) is 14.9 Å². The standard InChI is InChI=1S/C23H22N4O2S.ClH/c1-15-9-10-16(13-24-15)14-27(2)23(28)26-22-25-20-19(29-3)12-11-18(21(20)30-22)17-7-5-4-6-8-17;/h4-13H,14H2,1-3H3,(H,25,26,28);1H. The summed E-state index contributed by atoms with van der Waals surface area (Å²) >= 11 is 1.44. The van der Waals surface area contributed by atoms with Crippen molar-refractivity contribution in [3.63, 3.8) is 0 Å². The van der Waals surface area contributed by atoms with Gasteiger partial charge >= 0.3 is 6.03 Å². The second kappa shape index (κ2) is 9.76. The minimum atomic E-state index is -0.227. The van der Waals surface area contributed by atoms with Crippen LogP contribution >= 0.6 is 23.7 Å². The number of ether oxygens (including phenoxy) is 1. The number of aryl methyl sites for hydroxylation is 1. The minimum Gasteiger partial charge on any atom is -0.494 e. The number of urea groups is 1. The Balaban J connectivity index is 0.00000272. The van der Waals surface area contributed by atoms with Crippen molar-refractivity contribution in [2.45, 2.75) is 13.5 Å². The van der Waals surface area contributed by atoms with Crippen LogP contribution in [0.15, 0.2) is 60.8 Å². The number of hydrogen-bond acceptors (Lipinski definition) is 5. The van der Waals surface area contributed by atoms with Crippen LogP contribution in [-0.2, 0) is 6.54 Å². The maximum Gasteiger partial charge on any atom is 0.323 e. The summed E-state index contributed by atoms with van der Waals surface area (Å²) in [6.45, 7) is 2.40. The molecule has 160 valence electrons. The molecule has 0 saturated heterocycles. The predicted octanol–water partition coefficient (Wildman–Crippen LogP) is 5.76. The summed E-state index contributed by atoms with van der Waals surface area (Å²) in [4.78, 5) is 23.2. The first kappa shape index (κ1) is 22.5. The number of carbonyl (C=O) groups excluding carboxylic acids is 1. The van der Waals surface area contributed by atoms with Crippen molar-refractivity contribution in [3.05, 3.63) is 72.1 Å². The Labute approximate surface area is 191 Å². The van der Waals surface area contributed by atoms with Crippen molar-refractivity contribution in [3.8, 4) is 16.9 Å². The van der Waals surface area contributed by atoms with E-state index in [1.165, 1.54) is 11.3 Å². The molecule has 8 heteroatoms.